The van der Waals surface area contributed by atoms with E-state index >= 15 is 0 Å². The number of benzene rings is 1. The van der Waals surface area contributed by atoms with Crippen molar-refractivity contribution in [1.29, 1.82) is 0 Å². The molecule has 0 aromatic heterocycles. The van der Waals surface area contributed by atoms with E-state index in [2.05, 4.69) is 57.8 Å². The third kappa shape index (κ3) is 4.18. The molecular weight excluding hydrogens is 248 g/mol. The molecule has 0 amide bonds. The van der Waals surface area contributed by atoms with Crippen molar-refractivity contribution >= 4 is 8.07 Å². The van der Waals surface area contributed by atoms with Gasteiger partial charge in [0.05, 0.1) is 11.7 Å². The molecule has 1 aromatic rings. The summed E-state index contributed by atoms with van der Waals surface area (Å²) in [7, 11) is -0.924. The lowest BCUT2D eigenvalue weighted by Crippen LogP contribution is -2.20. The normalized spacial score (nSPS) is 17.8. The smallest absolute Gasteiger partial charge is 0.0937 e. The highest BCUT2D eigenvalue weighted by atomic mass is 28.3. The maximum absolute atomic E-state index is 6.10. The van der Waals surface area contributed by atoms with Crippen LogP contribution in [0, 0.1) is 0 Å². The second kappa shape index (κ2) is 5.41. The van der Waals surface area contributed by atoms with Crippen LogP contribution < -0.4 is 0 Å². The van der Waals surface area contributed by atoms with Crippen molar-refractivity contribution in [2.75, 3.05) is 0 Å². The van der Waals surface area contributed by atoms with Gasteiger partial charge in [-0.25, -0.2) is 0 Å². The van der Waals surface area contributed by atoms with Crippen molar-refractivity contribution in [2.24, 2.45) is 0 Å². The molecule has 0 heterocycles. The van der Waals surface area contributed by atoms with E-state index in [1.165, 1.54) is 36.4 Å². The lowest BCUT2D eigenvalue weighted by molar-refractivity contribution is -0.0143. The lowest BCUT2D eigenvalue weighted by Gasteiger charge is -2.20. The Hall–Kier alpha value is -0.603. The first-order chi connectivity index (χ1) is 8.81. The van der Waals surface area contributed by atoms with E-state index < -0.39 is 8.07 Å². The van der Waals surface area contributed by atoms with Crippen LogP contribution in [-0.2, 0) is 16.8 Å². The third-order valence-corrected chi connectivity index (χ3v) is 5.56. The fraction of sp³-hybridized carbons (Fsp3) is 0.647. The standard InChI is InChI=1S/C17H28OSi/c1-14(2)18-17(11-12-17)16-8-6-15(7-9-16)10-13-19(3,4)5/h6-9,14H,10-13H2,1-5H3. The first-order valence-corrected chi connectivity index (χ1v) is 11.3. The summed E-state index contributed by atoms with van der Waals surface area (Å²) in [5.74, 6) is 0. The van der Waals surface area contributed by atoms with Gasteiger partial charge in [0.2, 0.25) is 0 Å². The number of ether oxygens (including phenoxy) is 1. The molecule has 2 heteroatoms. The summed E-state index contributed by atoms with van der Waals surface area (Å²) in [6.07, 6.45) is 3.90. The van der Waals surface area contributed by atoms with E-state index in [1.54, 1.807) is 0 Å². The molecule has 0 unspecified atom stereocenters. The minimum atomic E-state index is -0.924. The molecule has 0 spiro atoms. The van der Waals surface area contributed by atoms with Crippen LogP contribution in [-0.4, -0.2) is 14.2 Å². The molecule has 2 rings (SSSR count). The topological polar surface area (TPSA) is 9.23 Å². The molecule has 0 atom stereocenters. The van der Waals surface area contributed by atoms with E-state index in [1.807, 2.05) is 0 Å². The summed E-state index contributed by atoms with van der Waals surface area (Å²) in [6, 6.07) is 10.6. The summed E-state index contributed by atoms with van der Waals surface area (Å²) in [6.45, 7) is 11.6. The Morgan fingerprint density at radius 1 is 1.11 bits per heavy atom. The van der Waals surface area contributed by atoms with Gasteiger partial charge in [-0.05, 0) is 44.2 Å². The molecule has 0 bridgehead atoms. The molecule has 0 aliphatic heterocycles. The zero-order valence-corrected chi connectivity index (χ0v) is 14.1. The van der Waals surface area contributed by atoms with Crippen LogP contribution in [0.4, 0.5) is 0 Å². The van der Waals surface area contributed by atoms with Crippen LogP contribution in [0.2, 0.25) is 25.7 Å². The molecule has 1 aliphatic rings. The molecule has 1 nitrogen and oxygen atoms in total. The van der Waals surface area contributed by atoms with Crippen molar-refractivity contribution in [3.8, 4) is 0 Å². The third-order valence-electron chi connectivity index (χ3n) is 3.81. The van der Waals surface area contributed by atoms with Gasteiger partial charge >= 0.3 is 0 Å². The van der Waals surface area contributed by atoms with E-state index in [-0.39, 0.29) is 5.60 Å². The predicted octanol–water partition coefficient (Wildman–Crippen LogP) is 4.98. The average Bonchev–Trinajstić information content (AvgIpc) is 3.06. The van der Waals surface area contributed by atoms with Gasteiger partial charge in [-0.1, -0.05) is 50.0 Å². The van der Waals surface area contributed by atoms with Gasteiger partial charge in [0.25, 0.3) is 0 Å². The molecule has 0 saturated heterocycles. The summed E-state index contributed by atoms with van der Waals surface area (Å²) >= 11 is 0. The predicted molar refractivity (Wildman–Crippen MR) is 85.4 cm³/mol. The second-order valence-corrected chi connectivity index (χ2v) is 13.0. The number of rotatable bonds is 6. The van der Waals surface area contributed by atoms with Gasteiger partial charge in [-0.3, -0.25) is 0 Å². The lowest BCUT2D eigenvalue weighted by atomic mass is 10.0. The van der Waals surface area contributed by atoms with Crippen LogP contribution in [0.3, 0.4) is 0 Å². The van der Waals surface area contributed by atoms with Crippen LogP contribution >= 0.6 is 0 Å². The molecule has 1 aliphatic carbocycles. The van der Waals surface area contributed by atoms with Gasteiger partial charge in [0.1, 0.15) is 0 Å². The van der Waals surface area contributed by atoms with E-state index in [4.69, 9.17) is 4.74 Å². The van der Waals surface area contributed by atoms with Crippen molar-refractivity contribution in [1.82, 2.24) is 0 Å². The van der Waals surface area contributed by atoms with Gasteiger partial charge in [0, 0.05) is 8.07 Å². The molecular formula is C17H28OSi. The summed E-state index contributed by atoms with van der Waals surface area (Å²) in [5.41, 5.74) is 2.90. The van der Waals surface area contributed by atoms with Crippen LogP contribution in [0.5, 0.6) is 0 Å². The van der Waals surface area contributed by atoms with E-state index in [9.17, 15) is 0 Å². The highest BCUT2D eigenvalue weighted by Gasteiger charge is 2.46. The van der Waals surface area contributed by atoms with Crippen molar-refractivity contribution in [2.45, 2.75) is 70.5 Å². The largest absolute Gasteiger partial charge is 0.368 e. The van der Waals surface area contributed by atoms with Gasteiger partial charge < -0.3 is 4.74 Å². The molecule has 106 valence electrons. The number of aryl methyl sites for hydroxylation is 1. The minimum Gasteiger partial charge on any atom is -0.368 e. The number of hydrogen-bond acceptors (Lipinski definition) is 1. The Labute approximate surface area is 119 Å². The average molecular weight is 276 g/mol. The molecule has 1 saturated carbocycles. The minimum absolute atomic E-state index is 0.0471. The van der Waals surface area contributed by atoms with E-state index in [0.29, 0.717) is 6.10 Å². The molecule has 0 radical (unpaired) electrons. The molecule has 19 heavy (non-hydrogen) atoms. The second-order valence-electron chi connectivity index (χ2n) is 7.42. The quantitative estimate of drug-likeness (QED) is 0.666. The maximum Gasteiger partial charge on any atom is 0.0937 e. The van der Waals surface area contributed by atoms with E-state index in [0.717, 1.165) is 0 Å². The Morgan fingerprint density at radius 2 is 1.68 bits per heavy atom. The maximum atomic E-state index is 6.10. The van der Waals surface area contributed by atoms with Crippen molar-refractivity contribution < 1.29 is 4.74 Å². The van der Waals surface area contributed by atoms with Crippen molar-refractivity contribution in [3.63, 3.8) is 0 Å². The first kappa shape index (κ1) is 14.8. The first-order valence-electron chi connectivity index (χ1n) is 7.58. The van der Waals surface area contributed by atoms with Gasteiger partial charge in [-0.2, -0.15) is 0 Å². The van der Waals surface area contributed by atoms with Crippen LogP contribution in [0.15, 0.2) is 24.3 Å². The van der Waals surface area contributed by atoms with Crippen LogP contribution in [0.25, 0.3) is 0 Å². The zero-order chi connectivity index (χ0) is 14.1. The SMILES string of the molecule is CC(C)OC1(c2ccc(CC[Si](C)(C)C)cc2)CC1. The fourth-order valence-electron chi connectivity index (χ4n) is 2.53. The monoisotopic (exact) mass is 276 g/mol. The number of hydrogen-bond donors (Lipinski definition) is 0. The molecule has 0 N–H and O–H groups in total. The molecule has 1 fully saturated rings. The summed E-state index contributed by atoms with van der Waals surface area (Å²) in [4.78, 5) is 0. The van der Waals surface area contributed by atoms with Gasteiger partial charge in [0.15, 0.2) is 0 Å². The molecule has 1 aromatic carbocycles. The highest BCUT2D eigenvalue weighted by molar-refractivity contribution is 6.76. The zero-order valence-electron chi connectivity index (χ0n) is 13.1. The Balaban J connectivity index is 1.99. The van der Waals surface area contributed by atoms with Crippen molar-refractivity contribution in [3.05, 3.63) is 35.4 Å². The summed E-state index contributed by atoms with van der Waals surface area (Å²) < 4.78 is 6.10. The summed E-state index contributed by atoms with van der Waals surface area (Å²) in [5, 5.41) is 0. The fourth-order valence-corrected chi connectivity index (χ4v) is 3.57. The van der Waals surface area contributed by atoms with Gasteiger partial charge in [-0.15, -0.1) is 0 Å². The van der Waals surface area contributed by atoms with Crippen LogP contribution in [0.1, 0.15) is 37.8 Å². The Kier molecular flexibility index (Phi) is 4.22. The highest BCUT2D eigenvalue weighted by Crippen LogP contribution is 2.49. The Morgan fingerprint density at radius 3 is 2.11 bits per heavy atom. The Bertz CT molecular complexity index is 410.